The van der Waals surface area contributed by atoms with E-state index in [2.05, 4.69) is 5.32 Å². The molecule has 9 unspecified atom stereocenters. The van der Waals surface area contributed by atoms with Crippen molar-refractivity contribution in [3.63, 3.8) is 0 Å². The van der Waals surface area contributed by atoms with Crippen LogP contribution < -0.4 is 20.7 Å². The molecule has 6 rings (SSSR count). The summed E-state index contributed by atoms with van der Waals surface area (Å²) in [5.74, 6) is -7.29. The fourth-order valence-electron chi connectivity index (χ4n) is 8.08. The topological polar surface area (TPSA) is 276 Å². The van der Waals surface area contributed by atoms with Gasteiger partial charge in [0.1, 0.15) is 53.0 Å². The van der Waals surface area contributed by atoms with Crippen molar-refractivity contribution in [2.24, 2.45) is 17.6 Å². The van der Waals surface area contributed by atoms with Gasteiger partial charge in [0.25, 0.3) is 5.91 Å². The van der Waals surface area contributed by atoms with E-state index >= 15 is 0 Å². The summed E-state index contributed by atoms with van der Waals surface area (Å²) in [6.07, 6.45) is -7.48. The summed E-state index contributed by atoms with van der Waals surface area (Å²) >= 11 is 0. The monoisotopic (exact) mass is 740 g/mol. The number of rotatable bonds is 9. The first-order valence-electron chi connectivity index (χ1n) is 16.9. The number of ketones is 2. The number of likely N-dealkylation sites (N-methyl/N-ethyl adjacent to an activating group) is 1. The number of aliphatic hydroxyl groups excluding tert-OH is 6. The van der Waals surface area contributed by atoms with Crippen molar-refractivity contribution in [2.45, 2.75) is 61.7 Å². The second-order valence-corrected chi connectivity index (χ2v) is 14.3. The predicted molar refractivity (Wildman–Crippen MR) is 186 cm³/mol. The van der Waals surface area contributed by atoms with Crippen LogP contribution in [0.3, 0.4) is 0 Å². The molecule has 1 heterocycles. The average Bonchev–Trinajstić information content (AvgIpc) is 3.09. The number of amides is 1. The average molecular weight is 741 g/mol. The van der Waals surface area contributed by atoms with Crippen LogP contribution in [0.5, 0.6) is 11.5 Å². The Morgan fingerprint density at radius 2 is 1.74 bits per heavy atom. The van der Waals surface area contributed by atoms with Gasteiger partial charge in [-0.15, -0.1) is 0 Å². The van der Waals surface area contributed by atoms with E-state index in [1.165, 1.54) is 4.90 Å². The number of nitrogens with zero attached hydrogens (tertiary/aromatic N) is 2. The smallest absolute Gasteiger partial charge is 0.255 e. The van der Waals surface area contributed by atoms with Gasteiger partial charge in [-0.05, 0) is 50.6 Å². The highest BCUT2D eigenvalue weighted by Crippen LogP contribution is 2.54. The van der Waals surface area contributed by atoms with Gasteiger partial charge in [0.05, 0.1) is 23.9 Å². The fourth-order valence-corrected chi connectivity index (χ4v) is 8.08. The number of benzene rings is 2. The lowest BCUT2D eigenvalue weighted by molar-refractivity contribution is -0.277. The standard InChI is InChI=1S/C36H44N4O13/c1-39(2)19-11-18(38-12-14-7-5-6-8-20(14)52-35-31(47)30(46)27(43)21(13-41)53-35)26(42)23-16(19)9-15-10-17-25(40(3)4)29(45)24(34(37)50)33(49)36(17,51)32(48)22(15)28(23)44/h5-8,11,15,17,21,25,27,30-31,35,38,41-43,45-48,51H,9-10,12-13H2,1-4H3,(H2,37,50). The lowest BCUT2D eigenvalue weighted by atomic mass is 9.58. The first-order chi connectivity index (χ1) is 24.9. The highest BCUT2D eigenvalue weighted by atomic mass is 16.7. The normalized spacial score (nSPS) is 31.2. The van der Waals surface area contributed by atoms with Gasteiger partial charge in [0, 0.05) is 43.4 Å². The Labute approximate surface area is 303 Å². The molecule has 1 aliphatic heterocycles. The number of carbonyl (C=O) groups excluding carboxylic acids is 3. The molecule has 53 heavy (non-hydrogen) atoms. The number of carbonyl (C=O) groups is 3. The zero-order chi connectivity index (χ0) is 38.8. The molecule has 17 nitrogen and oxygen atoms in total. The summed E-state index contributed by atoms with van der Waals surface area (Å²) in [5, 5.41) is 89.7. The van der Waals surface area contributed by atoms with E-state index in [-0.39, 0.29) is 42.0 Å². The Balaban J connectivity index is 1.36. The lowest BCUT2D eigenvalue weighted by Gasteiger charge is -2.50. The molecule has 0 radical (unpaired) electrons. The second-order valence-electron chi connectivity index (χ2n) is 14.3. The molecule has 17 heteroatoms. The molecule has 0 spiro atoms. The van der Waals surface area contributed by atoms with E-state index in [1.807, 2.05) is 0 Å². The van der Waals surface area contributed by atoms with E-state index in [9.17, 15) is 55.2 Å². The molecule has 1 fully saturated rings. The highest BCUT2D eigenvalue weighted by molar-refractivity contribution is 6.25. The molecular formula is C36H44N4O13. The third-order valence-corrected chi connectivity index (χ3v) is 10.7. The molecule has 0 bridgehead atoms. The van der Waals surface area contributed by atoms with Crippen LogP contribution in [0.15, 0.2) is 53.0 Å². The first kappa shape index (κ1) is 38.0. The van der Waals surface area contributed by atoms with Crippen LogP contribution in [-0.2, 0) is 27.3 Å². The van der Waals surface area contributed by atoms with Crippen LogP contribution in [0.4, 0.5) is 11.4 Å². The number of nitrogens with two attached hydrogens (primary N) is 1. The fraction of sp³-hybridized carbons (Fsp3) is 0.472. The van der Waals surface area contributed by atoms with Crippen molar-refractivity contribution in [3.8, 4) is 11.5 Å². The maximum atomic E-state index is 14.4. The maximum absolute atomic E-state index is 14.4. The SMILES string of the molecule is CN(C)c1cc(NCc2ccccc2OC2OC(CO)C(O)C(O)C2O)c(O)c2c1CC1CC3C(N(C)C)C(O)=C(C(N)=O)C(=O)C3(O)C(O)=C1C2=O. The van der Waals surface area contributed by atoms with Crippen LogP contribution in [0.25, 0.3) is 0 Å². The minimum absolute atomic E-state index is 0.0227. The number of hydrogen-bond donors (Lipinski definition) is 10. The number of phenolic OH excluding ortho intramolecular Hbond substituents is 1. The molecule has 1 saturated heterocycles. The van der Waals surface area contributed by atoms with Crippen molar-refractivity contribution < 1.29 is 64.7 Å². The Morgan fingerprint density at radius 1 is 1.06 bits per heavy atom. The summed E-state index contributed by atoms with van der Waals surface area (Å²) in [4.78, 5) is 43.5. The van der Waals surface area contributed by atoms with Gasteiger partial charge < -0.3 is 66.3 Å². The van der Waals surface area contributed by atoms with Gasteiger partial charge in [-0.1, -0.05) is 18.2 Å². The van der Waals surface area contributed by atoms with Gasteiger partial charge in [-0.25, -0.2) is 0 Å². The lowest BCUT2D eigenvalue weighted by Crippen LogP contribution is -2.63. The van der Waals surface area contributed by atoms with E-state index in [4.69, 9.17) is 15.2 Å². The molecule has 2 aromatic rings. The number of phenols is 1. The predicted octanol–water partition coefficient (Wildman–Crippen LogP) is -1.02. The molecule has 11 N–H and O–H groups in total. The van der Waals surface area contributed by atoms with Crippen molar-refractivity contribution in [3.05, 3.63) is 69.7 Å². The molecule has 9 atom stereocenters. The number of fused-ring (bicyclic) bond motifs is 3. The Kier molecular flexibility index (Phi) is 9.97. The Hall–Kier alpha value is -4.75. The van der Waals surface area contributed by atoms with E-state index in [0.29, 0.717) is 16.8 Å². The van der Waals surface area contributed by atoms with Crippen LogP contribution in [0, 0.1) is 11.8 Å². The van der Waals surface area contributed by atoms with E-state index in [0.717, 1.165) is 0 Å². The van der Waals surface area contributed by atoms with Gasteiger partial charge in [0.2, 0.25) is 12.1 Å². The zero-order valence-corrected chi connectivity index (χ0v) is 29.4. The van der Waals surface area contributed by atoms with E-state index < -0.39 is 101 Å². The third-order valence-electron chi connectivity index (χ3n) is 10.7. The molecule has 4 aliphatic rings. The molecule has 0 saturated carbocycles. The summed E-state index contributed by atoms with van der Waals surface area (Å²) in [7, 11) is 6.60. The maximum Gasteiger partial charge on any atom is 0.255 e. The van der Waals surface area contributed by atoms with Crippen molar-refractivity contribution in [1.29, 1.82) is 0 Å². The summed E-state index contributed by atoms with van der Waals surface area (Å²) < 4.78 is 11.4. The Bertz CT molecular complexity index is 1910. The number of allylic oxidation sites excluding steroid dienone is 1. The number of primary amides is 1. The summed E-state index contributed by atoms with van der Waals surface area (Å²) in [6, 6.07) is 7.09. The molecule has 3 aliphatic carbocycles. The molecule has 286 valence electrons. The van der Waals surface area contributed by atoms with Gasteiger partial charge in [-0.3, -0.25) is 19.3 Å². The second kappa shape index (κ2) is 13.9. The van der Waals surface area contributed by atoms with Crippen LogP contribution in [-0.4, -0.2) is 140 Å². The minimum atomic E-state index is -2.77. The quantitative estimate of drug-likeness (QED) is 0.109. The van der Waals surface area contributed by atoms with Crippen LogP contribution >= 0.6 is 0 Å². The number of aromatic hydroxyl groups is 1. The number of aliphatic hydroxyl groups is 7. The zero-order valence-electron chi connectivity index (χ0n) is 29.4. The van der Waals surface area contributed by atoms with Crippen LogP contribution in [0.2, 0.25) is 0 Å². The molecule has 2 aromatic carbocycles. The van der Waals surface area contributed by atoms with Crippen molar-refractivity contribution in [1.82, 2.24) is 4.90 Å². The number of anilines is 2. The molecular weight excluding hydrogens is 696 g/mol. The number of nitrogens with one attached hydrogen (secondary N) is 1. The van der Waals surface area contributed by atoms with Gasteiger partial charge in [-0.2, -0.15) is 0 Å². The molecule has 0 aromatic heterocycles. The summed E-state index contributed by atoms with van der Waals surface area (Å²) in [5.41, 5.74) is 2.86. The van der Waals surface area contributed by atoms with Gasteiger partial charge in [0.15, 0.2) is 11.4 Å². The number of hydrogen-bond acceptors (Lipinski definition) is 16. The molecule has 1 amide bonds. The van der Waals surface area contributed by atoms with Gasteiger partial charge >= 0.3 is 0 Å². The van der Waals surface area contributed by atoms with Crippen molar-refractivity contribution >= 4 is 28.8 Å². The largest absolute Gasteiger partial charge is 0.510 e. The first-order valence-corrected chi connectivity index (χ1v) is 16.9. The summed E-state index contributed by atoms with van der Waals surface area (Å²) in [6.45, 7) is -0.666. The van der Waals surface area contributed by atoms with E-state index in [1.54, 1.807) is 63.4 Å². The number of para-hydroxylation sites is 1. The number of Topliss-reactive ketones (excluding diaryl/α,β-unsaturated/α-hetero) is 2. The Morgan fingerprint density at radius 3 is 2.36 bits per heavy atom. The highest BCUT2D eigenvalue weighted by Gasteiger charge is 2.63. The van der Waals surface area contributed by atoms with Crippen LogP contribution in [0.1, 0.15) is 27.9 Å². The minimum Gasteiger partial charge on any atom is -0.510 e. The third kappa shape index (κ3) is 5.97. The number of ether oxygens (including phenoxy) is 2. The van der Waals surface area contributed by atoms with Crippen molar-refractivity contribution in [2.75, 3.05) is 45.0 Å².